The first-order valence-electron chi connectivity index (χ1n) is 5.87. The van der Waals surface area contributed by atoms with Crippen molar-refractivity contribution < 1.29 is 9.15 Å². The maximum atomic E-state index is 6.11. The summed E-state index contributed by atoms with van der Waals surface area (Å²) in [4.78, 5) is 4.38. The number of fused-ring (bicyclic) bond motifs is 1. The van der Waals surface area contributed by atoms with Gasteiger partial charge in [0.15, 0.2) is 5.58 Å². The molecule has 17 heavy (non-hydrogen) atoms. The zero-order valence-corrected chi connectivity index (χ0v) is 10.1. The second-order valence-corrected chi connectivity index (χ2v) is 4.78. The highest BCUT2D eigenvalue weighted by Crippen LogP contribution is 2.52. The fourth-order valence-corrected chi connectivity index (χ4v) is 2.52. The predicted molar refractivity (Wildman–Crippen MR) is 65.1 cm³/mol. The van der Waals surface area contributed by atoms with Gasteiger partial charge in [-0.1, -0.05) is 12.1 Å². The lowest BCUT2D eigenvalue weighted by Crippen LogP contribution is -2.31. The molecule has 3 rings (SSSR count). The number of nitrogens with zero attached hydrogens (tertiary/aromatic N) is 1. The van der Waals surface area contributed by atoms with E-state index in [-0.39, 0.29) is 11.5 Å². The number of rotatable bonds is 3. The summed E-state index contributed by atoms with van der Waals surface area (Å²) in [7, 11) is 1.56. The fourth-order valence-electron chi connectivity index (χ4n) is 2.52. The van der Waals surface area contributed by atoms with Crippen molar-refractivity contribution >= 4 is 11.1 Å². The van der Waals surface area contributed by atoms with Crippen LogP contribution < -0.4 is 10.5 Å². The topological polar surface area (TPSA) is 61.3 Å². The first-order valence-corrected chi connectivity index (χ1v) is 5.87. The van der Waals surface area contributed by atoms with Gasteiger partial charge in [0, 0.05) is 11.5 Å². The summed E-state index contributed by atoms with van der Waals surface area (Å²) < 4.78 is 10.5. The lowest BCUT2D eigenvalue weighted by molar-refractivity contribution is 0.299. The Morgan fingerprint density at radius 1 is 1.47 bits per heavy atom. The quantitative estimate of drug-likeness (QED) is 0.881. The largest absolute Gasteiger partial charge is 0.453 e. The molecular weight excluding hydrogens is 216 g/mol. The summed E-state index contributed by atoms with van der Waals surface area (Å²) in [5.74, 6) is 0. The second kappa shape index (κ2) is 3.47. The van der Waals surface area contributed by atoms with E-state index in [2.05, 4.69) is 18.0 Å². The number of oxazole rings is 1. The molecule has 1 atom stereocenters. The third-order valence-corrected chi connectivity index (χ3v) is 3.77. The molecule has 0 amide bonds. The Bertz CT molecular complexity index is 556. The number of nitrogens with two attached hydrogens (primary N) is 1. The van der Waals surface area contributed by atoms with Gasteiger partial charge in [-0.15, -0.1) is 0 Å². The molecule has 1 saturated carbocycles. The zero-order valence-electron chi connectivity index (χ0n) is 10.1. The molecule has 4 nitrogen and oxygen atoms in total. The van der Waals surface area contributed by atoms with Gasteiger partial charge in [-0.3, -0.25) is 0 Å². The van der Waals surface area contributed by atoms with Gasteiger partial charge in [-0.2, -0.15) is 4.98 Å². The third kappa shape index (κ3) is 1.44. The molecule has 1 heterocycles. The van der Waals surface area contributed by atoms with Crippen molar-refractivity contribution in [3.8, 4) is 6.08 Å². The van der Waals surface area contributed by atoms with Crippen LogP contribution >= 0.6 is 0 Å². The van der Waals surface area contributed by atoms with Crippen molar-refractivity contribution in [1.82, 2.24) is 4.98 Å². The molecule has 1 unspecified atom stereocenters. The fraction of sp³-hybridized carbons (Fsp3) is 0.462. The van der Waals surface area contributed by atoms with Crippen molar-refractivity contribution in [1.29, 1.82) is 0 Å². The Hall–Kier alpha value is -1.55. The van der Waals surface area contributed by atoms with Crippen LogP contribution in [-0.2, 0) is 5.41 Å². The van der Waals surface area contributed by atoms with Crippen molar-refractivity contribution in [3.63, 3.8) is 0 Å². The smallest absolute Gasteiger partial charge is 0.394 e. The minimum absolute atomic E-state index is 0.0847. The second-order valence-electron chi connectivity index (χ2n) is 4.78. The van der Waals surface area contributed by atoms with Crippen molar-refractivity contribution in [2.45, 2.75) is 31.2 Å². The van der Waals surface area contributed by atoms with Crippen LogP contribution in [-0.4, -0.2) is 18.1 Å². The predicted octanol–water partition coefficient (Wildman–Crippen LogP) is 2.22. The highest BCUT2D eigenvalue weighted by atomic mass is 16.6. The molecule has 90 valence electrons. The molecule has 0 saturated heterocycles. The monoisotopic (exact) mass is 232 g/mol. The molecule has 1 aliphatic carbocycles. The molecule has 0 bridgehead atoms. The Morgan fingerprint density at radius 3 is 2.82 bits per heavy atom. The number of benzene rings is 1. The van der Waals surface area contributed by atoms with E-state index >= 15 is 0 Å². The van der Waals surface area contributed by atoms with E-state index in [4.69, 9.17) is 14.9 Å². The van der Waals surface area contributed by atoms with Crippen LogP contribution in [0.2, 0.25) is 0 Å². The first-order chi connectivity index (χ1) is 8.17. The van der Waals surface area contributed by atoms with Gasteiger partial charge in [0.05, 0.1) is 7.11 Å². The molecule has 1 aromatic carbocycles. The molecular formula is C13H16N2O2. The lowest BCUT2D eigenvalue weighted by atomic mass is 9.89. The van der Waals surface area contributed by atoms with E-state index in [1.54, 1.807) is 7.11 Å². The highest BCUT2D eigenvalue weighted by molar-refractivity contribution is 5.79. The Balaban J connectivity index is 2.19. The Kier molecular flexibility index (Phi) is 2.16. The normalized spacial score (nSPS) is 19.2. The summed E-state index contributed by atoms with van der Waals surface area (Å²) in [6.07, 6.45) is 2.56. The van der Waals surface area contributed by atoms with Gasteiger partial charge >= 0.3 is 6.08 Å². The van der Waals surface area contributed by atoms with Gasteiger partial charge in [-0.05, 0) is 31.4 Å². The van der Waals surface area contributed by atoms with E-state index in [1.165, 1.54) is 5.56 Å². The number of aromatic nitrogens is 1. The molecule has 1 aromatic heterocycles. The number of hydrogen-bond donors (Lipinski definition) is 1. The van der Waals surface area contributed by atoms with E-state index in [9.17, 15) is 0 Å². The average Bonchev–Trinajstić information content (AvgIpc) is 3.02. The van der Waals surface area contributed by atoms with Gasteiger partial charge in [0.2, 0.25) is 0 Å². The summed E-state index contributed by atoms with van der Waals surface area (Å²) >= 11 is 0. The van der Waals surface area contributed by atoms with Crippen LogP contribution in [0.1, 0.15) is 25.3 Å². The van der Waals surface area contributed by atoms with Crippen LogP contribution in [0.5, 0.6) is 6.08 Å². The number of hydrogen-bond acceptors (Lipinski definition) is 4. The molecule has 0 spiro atoms. The molecule has 0 aliphatic heterocycles. The maximum Gasteiger partial charge on any atom is 0.394 e. The SMILES string of the molecule is COc1nc2c(C3(C(C)N)CC3)cccc2o1. The Labute approximate surface area is 99.8 Å². The standard InChI is InChI=1S/C13H16N2O2/c1-8(14)13(6-7-13)9-4-3-5-10-11(9)15-12(16-2)17-10/h3-5,8H,6-7,14H2,1-2H3. The van der Waals surface area contributed by atoms with Crippen LogP contribution in [0.25, 0.3) is 11.1 Å². The van der Waals surface area contributed by atoms with Crippen molar-refractivity contribution in [2.75, 3.05) is 7.11 Å². The molecule has 2 N–H and O–H groups in total. The summed E-state index contributed by atoms with van der Waals surface area (Å²) in [5.41, 5.74) is 9.04. The Morgan fingerprint density at radius 2 is 2.24 bits per heavy atom. The van der Waals surface area contributed by atoms with Gasteiger partial charge < -0.3 is 14.9 Å². The molecule has 1 fully saturated rings. The van der Waals surface area contributed by atoms with Crippen LogP contribution in [0.3, 0.4) is 0 Å². The molecule has 1 aliphatic rings. The molecule has 0 radical (unpaired) electrons. The van der Waals surface area contributed by atoms with E-state index < -0.39 is 0 Å². The van der Waals surface area contributed by atoms with E-state index in [0.29, 0.717) is 6.08 Å². The van der Waals surface area contributed by atoms with Crippen LogP contribution in [0.15, 0.2) is 22.6 Å². The van der Waals surface area contributed by atoms with E-state index in [1.807, 2.05) is 12.1 Å². The van der Waals surface area contributed by atoms with E-state index in [0.717, 1.165) is 23.9 Å². The maximum absolute atomic E-state index is 6.11. The highest BCUT2D eigenvalue weighted by Gasteiger charge is 2.48. The summed E-state index contributed by atoms with van der Waals surface area (Å²) in [6, 6.07) is 6.13. The van der Waals surface area contributed by atoms with Gasteiger partial charge in [0.25, 0.3) is 0 Å². The minimum atomic E-state index is 0.0847. The first kappa shape index (κ1) is 10.6. The van der Waals surface area contributed by atoms with Crippen molar-refractivity contribution in [2.24, 2.45) is 5.73 Å². The number of para-hydroxylation sites is 1. The summed E-state index contributed by atoms with van der Waals surface area (Å²) in [5, 5.41) is 0. The zero-order chi connectivity index (χ0) is 12.0. The number of ether oxygens (including phenoxy) is 1. The average molecular weight is 232 g/mol. The van der Waals surface area contributed by atoms with Crippen LogP contribution in [0, 0.1) is 0 Å². The third-order valence-electron chi connectivity index (χ3n) is 3.77. The minimum Gasteiger partial charge on any atom is -0.453 e. The van der Waals surface area contributed by atoms with Gasteiger partial charge in [0.1, 0.15) is 5.52 Å². The van der Waals surface area contributed by atoms with Crippen molar-refractivity contribution in [3.05, 3.63) is 23.8 Å². The molecule has 4 heteroatoms. The number of methoxy groups -OCH3 is 1. The van der Waals surface area contributed by atoms with Gasteiger partial charge in [-0.25, -0.2) is 0 Å². The molecule has 2 aromatic rings. The summed E-state index contributed by atoms with van der Waals surface area (Å²) in [6.45, 7) is 2.06. The van der Waals surface area contributed by atoms with Crippen LogP contribution in [0.4, 0.5) is 0 Å². The lowest BCUT2D eigenvalue weighted by Gasteiger charge is -2.19.